The Balaban J connectivity index is 3.01. The highest BCUT2D eigenvalue weighted by Gasteiger charge is 2.22. The van der Waals surface area contributed by atoms with E-state index in [9.17, 15) is 13.2 Å². The number of hydrogen-bond donors (Lipinski definition) is 1. The second-order valence-corrected chi connectivity index (χ2v) is 5.14. The lowest BCUT2D eigenvalue weighted by Gasteiger charge is -2.23. The average molecular weight is 231 g/mol. The van der Waals surface area contributed by atoms with Crippen molar-refractivity contribution in [1.29, 1.82) is 0 Å². The van der Waals surface area contributed by atoms with Gasteiger partial charge in [-0.3, -0.25) is 0 Å². The third-order valence-electron chi connectivity index (χ3n) is 2.30. The van der Waals surface area contributed by atoms with Gasteiger partial charge in [-0.2, -0.15) is 0 Å². The quantitative estimate of drug-likeness (QED) is 0.774. The second kappa shape index (κ2) is 4.45. The maximum absolute atomic E-state index is 13.4. The van der Waals surface area contributed by atoms with Gasteiger partial charge < -0.3 is 5.73 Å². The van der Waals surface area contributed by atoms with Crippen LogP contribution in [0.4, 0.5) is 13.2 Å². The normalized spacial score (nSPS) is 13.9. The molecular formula is C12H16F3N. The highest BCUT2D eigenvalue weighted by molar-refractivity contribution is 5.23. The summed E-state index contributed by atoms with van der Waals surface area (Å²) in [5, 5.41) is 0. The van der Waals surface area contributed by atoms with Gasteiger partial charge in [0, 0.05) is 11.6 Å². The van der Waals surface area contributed by atoms with E-state index in [1.807, 2.05) is 20.8 Å². The Hall–Kier alpha value is -1.03. The Bertz CT molecular complexity index is 383. The molecule has 2 N–H and O–H groups in total. The second-order valence-electron chi connectivity index (χ2n) is 5.14. The van der Waals surface area contributed by atoms with Gasteiger partial charge >= 0.3 is 0 Å². The molecule has 1 aromatic rings. The van der Waals surface area contributed by atoms with Gasteiger partial charge in [-0.05, 0) is 17.9 Å². The summed E-state index contributed by atoms with van der Waals surface area (Å²) in [5.74, 6) is -3.83. The largest absolute Gasteiger partial charge is 0.324 e. The smallest absolute Gasteiger partial charge is 0.194 e. The van der Waals surface area contributed by atoms with Crippen LogP contribution in [-0.2, 0) is 0 Å². The predicted molar refractivity (Wildman–Crippen MR) is 57.3 cm³/mol. The molecule has 1 aromatic carbocycles. The molecule has 0 saturated heterocycles. The summed E-state index contributed by atoms with van der Waals surface area (Å²) in [7, 11) is 0. The molecule has 1 rings (SSSR count). The third-order valence-corrected chi connectivity index (χ3v) is 2.30. The van der Waals surface area contributed by atoms with E-state index in [0.717, 1.165) is 6.07 Å². The van der Waals surface area contributed by atoms with E-state index in [4.69, 9.17) is 5.73 Å². The predicted octanol–water partition coefficient (Wildman–Crippen LogP) is 3.54. The van der Waals surface area contributed by atoms with Crippen LogP contribution in [0.25, 0.3) is 0 Å². The minimum absolute atomic E-state index is 0.0221. The maximum atomic E-state index is 13.4. The first-order valence-corrected chi connectivity index (χ1v) is 5.11. The average Bonchev–Trinajstić information content (AvgIpc) is 2.11. The van der Waals surface area contributed by atoms with Crippen LogP contribution in [-0.4, -0.2) is 0 Å². The van der Waals surface area contributed by atoms with Crippen molar-refractivity contribution in [3.8, 4) is 0 Å². The molecule has 90 valence electrons. The van der Waals surface area contributed by atoms with Crippen LogP contribution >= 0.6 is 0 Å². The highest BCUT2D eigenvalue weighted by Crippen LogP contribution is 2.30. The first kappa shape index (κ1) is 13.0. The number of benzene rings is 1. The molecule has 0 aliphatic heterocycles. The zero-order valence-electron chi connectivity index (χ0n) is 9.65. The van der Waals surface area contributed by atoms with Crippen molar-refractivity contribution in [2.75, 3.05) is 0 Å². The monoisotopic (exact) mass is 231 g/mol. The van der Waals surface area contributed by atoms with Crippen LogP contribution in [0, 0.1) is 22.9 Å². The fraction of sp³-hybridized carbons (Fsp3) is 0.500. The van der Waals surface area contributed by atoms with Crippen LogP contribution in [0.2, 0.25) is 0 Å². The number of nitrogens with two attached hydrogens (primary N) is 1. The molecule has 0 spiro atoms. The zero-order chi connectivity index (χ0) is 12.5. The number of halogens is 3. The summed E-state index contributed by atoms with van der Waals surface area (Å²) in [6, 6.07) is 1.47. The Morgan fingerprint density at radius 1 is 1.12 bits per heavy atom. The molecule has 1 atom stereocenters. The Kier molecular flexibility index (Phi) is 3.63. The zero-order valence-corrected chi connectivity index (χ0v) is 9.65. The SMILES string of the molecule is CC(C)(C)CC(N)c1ccc(F)c(F)c1F. The minimum atomic E-state index is -1.46. The minimum Gasteiger partial charge on any atom is -0.324 e. The lowest BCUT2D eigenvalue weighted by Crippen LogP contribution is -2.20. The van der Waals surface area contributed by atoms with Gasteiger partial charge in [0.1, 0.15) is 0 Å². The molecule has 0 aliphatic rings. The highest BCUT2D eigenvalue weighted by atomic mass is 19.2. The summed E-state index contributed by atoms with van der Waals surface area (Å²) in [6.45, 7) is 5.85. The van der Waals surface area contributed by atoms with E-state index in [2.05, 4.69) is 0 Å². The number of hydrogen-bond acceptors (Lipinski definition) is 1. The standard InChI is InChI=1S/C12H16F3N/c1-12(2,3)6-9(16)7-4-5-8(13)11(15)10(7)14/h4-5,9H,6,16H2,1-3H3. The van der Waals surface area contributed by atoms with Gasteiger partial charge in [0.2, 0.25) is 0 Å². The Morgan fingerprint density at radius 3 is 2.19 bits per heavy atom. The van der Waals surface area contributed by atoms with Crippen molar-refractivity contribution in [3.63, 3.8) is 0 Å². The molecule has 1 unspecified atom stereocenters. The Labute approximate surface area is 93.5 Å². The van der Waals surface area contributed by atoms with Gasteiger partial charge in [-0.25, -0.2) is 13.2 Å². The third kappa shape index (κ3) is 2.98. The van der Waals surface area contributed by atoms with Crippen molar-refractivity contribution >= 4 is 0 Å². The first-order chi connectivity index (χ1) is 7.22. The lowest BCUT2D eigenvalue weighted by molar-refractivity contribution is 0.335. The van der Waals surface area contributed by atoms with Crippen LogP contribution in [0.1, 0.15) is 38.8 Å². The van der Waals surface area contributed by atoms with E-state index < -0.39 is 23.5 Å². The first-order valence-electron chi connectivity index (χ1n) is 5.11. The van der Waals surface area contributed by atoms with Crippen LogP contribution in [0.3, 0.4) is 0 Å². The lowest BCUT2D eigenvalue weighted by atomic mass is 9.86. The van der Waals surface area contributed by atoms with E-state index in [-0.39, 0.29) is 11.0 Å². The van der Waals surface area contributed by atoms with Gasteiger partial charge in [-0.1, -0.05) is 26.8 Å². The number of rotatable bonds is 2. The molecule has 0 heterocycles. The molecular weight excluding hydrogens is 215 g/mol. The molecule has 4 heteroatoms. The fourth-order valence-electron chi connectivity index (χ4n) is 1.60. The topological polar surface area (TPSA) is 26.0 Å². The van der Waals surface area contributed by atoms with Crippen molar-refractivity contribution in [3.05, 3.63) is 35.1 Å². The van der Waals surface area contributed by atoms with E-state index in [1.165, 1.54) is 6.07 Å². The summed E-state index contributed by atoms with van der Waals surface area (Å²) in [6.07, 6.45) is 0.495. The van der Waals surface area contributed by atoms with Crippen LogP contribution in [0.5, 0.6) is 0 Å². The van der Waals surface area contributed by atoms with Crippen molar-refractivity contribution in [1.82, 2.24) is 0 Å². The fourth-order valence-corrected chi connectivity index (χ4v) is 1.60. The molecule has 16 heavy (non-hydrogen) atoms. The van der Waals surface area contributed by atoms with Gasteiger partial charge in [0.05, 0.1) is 0 Å². The molecule has 0 saturated carbocycles. The van der Waals surface area contributed by atoms with Crippen LogP contribution in [0.15, 0.2) is 12.1 Å². The molecule has 0 radical (unpaired) electrons. The van der Waals surface area contributed by atoms with Crippen molar-refractivity contribution in [2.45, 2.75) is 33.2 Å². The molecule has 1 nitrogen and oxygen atoms in total. The summed E-state index contributed by atoms with van der Waals surface area (Å²) >= 11 is 0. The Morgan fingerprint density at radius 2 is 1.69 bits per heavy atom. The molecule has 0 aromatic heterocycles. The van der Waals surface area contributed by atoms with Crippen molar-refractivity contribution in [2.24, 2.45) is 11.1 Å². The molecule has 0 amide bonds. The summed E-state index contributed by atoms with van der Waals surface area (Å²) in [5.41, 5.74) is 5.69. The molecule has 0 fully saturated rings. The molecule has 0 aliphatic carbocycles. The van der Waals surface area contributed by atoms with Gasteiger partial charge in [0.25, 0.3) is 0 Å². The van der Waals surface area contributed by atoms with Crippen LogP contribution < -0.4 is 5.73 Å². The maximum Gasteiger partial charge on any atom is 0.194 e. The van der Waals surface area contributed by atoms with E-state index in [0.29, 0.717) is 6.42 Å². The van der Waals surface area contributed by atoms with E-state index in [1.54, 1.807) is 0 Å². The van der Waals surface area contributed by atoms with Crippen molar-refractivity contribution < 1.29 is 13.2 Å². The van der Waals surface area contributed by atoms with Gasteiger partial charge in [0.15, 0.2) is 17.5 Å². The molecule has 0 bridgehead atoms. The van der Waals surface area contributed by atoms with E-state index >= 15 is 0 Å². The van der Waals surface area contributed by atoms with Gasteiger partial charge in [-0.15, -0.1) is 0 Å². The summed E-state index contributed by atoms with van der Waals surface area (Å²) in [4.78, 5) is 0. The summed E-state index contributed by atoms with van der Waals surface area (Å²) < 4.78 is 39.1.